The van der Waals surface area contributed by atoms with Crippen LogP contribution in [-0.4, -0.2) is 25.2 Å². The second-order valence-electron chi connectivity index (χ2n) is 4.24. The molecule has 92 valence electrons. The highest BCUT2D eigenvalue weighted by Crippen LogP contribution is 2.26. The van der Waals surface area contributed by atoms with Gasteiger partial charge in [0, 0.05) is 6.04 Å². The van der Waals surface area contributed by atoms with Crippen LogP contribution in [0.4, 0.5) is 0 Å². The maximum absolute atomic E-state index is 11.6. The van der Waals surface area contributed by atoms with Gasteiger partial charge in [0.1, 0.15) is 17.4 Å². The number of ether oxygens (including phenoxy) is 2. The van der Waals surface area contributed by atoms with Crippen molar-refractivity contribution in [1.82, 2.24) is 0 Å². The minimum atomic E-state index is -0.382. The van der Waals surface area contributed by atoms with Gasteiger partial charge in [-0.2, -0.15) is 0 Å². The first-order chi connectivity index (χ1) is 8.22. The fraction of sp³-hybridized carbons (Fsp3) is 0.462. The minimum Gasteiger partial charge on any atom is -0.488 e. The molecule has 0 aliphatic heterocycles. The predicted molar refractivity (Wildman–Crippen MR) is 64.0 cm³/mol. The zero-order chi connectivity index (χ0) is 12.3. The van der Waals surface area contributed by atoms with Gasteiger partial charge in [-0.15, -0.1) is 0 Å². The summed E-state index contributed by atoms with van der Waals surface area (Å²) in [6.07, 6.45) is 2.99. The molecule has 0 radical (unpaired) electrons. The average molecular weight is 235 g/mol. The lowest BCUT2D eigenvalue weighted by molar-refractivity contribution is 0.0592. The Hall–Kier alpha value is -1.55. The van der Waals surface area contributed by atoms with E-state index in [1.165, 1.54) is 7.11 Å². The van der Waals surface area contributed by atoms with Gasteiger partial charge >= 0.3 is 5.97 Å². The smallest absolute Gasteiger partial charge is 0.341 e. The summed E-state index contributed by atoms with van der Waals surface area (Å²) in [6.45, 7) is 0. The van der Waals surface area contributed by atoms with Crippen molar-refractivity contribution in [3.8, 4) is 5.75 Å². The number of hydrogen-bond acceptors (Lipinski definition) is 4. The third-order valence-electron chi connectivity index (χ3n) is 3.07. The zero-order valence-electron chi connectivity index (χ0n) is 9.89. The normalized spacial score (nSPS) is 23.4. The summed E-state index contributed by atoms with van der Waals surface area (Å²) in [7, 11) is 1.36. The van der Waals surface area contributed by atoms with E-state index in [9.17, 15) is 4.79 Å². The Labute approximate surface area is 101 Å². The van der Waals surface area contributed by atoms with Gasteiger partial charge in [0.05, 0.1) is 7.11 Å². The maximum atomic E-state index is 11.6. The summed E-state index contributed by atoms with van der Waals surface area (Å²) < 4.78 is 10.5. The maximum Gasteiger partial charge on any atom is 0.341 e. The molecule has 1 aromatic rings. The van der Waals surface area contributed by atoms with Crippen LogP contribution < -0.4 is 10.5 Å². The van der Waals surface area contributed by atoms with Gasteiger partial charge in [-0.05, 0) is 31.4 Å². The molecule has 0 bridgehead atoms. The molecule has 2 atom stereocenters. The standard InChI is InChI=1S/C13H17NO3/c1-16-13(15)9-5-2-3-7-11(9)17-12-8-4-6-10(12)14/h2-3,5,7,10,12H,4,6,8,14H2,1H3. The highest BCUT2D eigenvalue weighted by molar-refractivity contribution is 5.92. The Morgan fingerprint density at radius 2 is 2.12 bits per heavy atom. The van der Waals surface area contributed by atoms with Crippen molar-refractivity contribution in [3.63, 3.8) is 0 Å². The highest BCUT2D eigenvalue weighted by atomic mass is 16.5. The molecule has 2 rings (SSSR count). The lowest BCUT2D eigenvalue weighted by Gasteiger charge is -2.19. The van der Waals surface area contributed by atoms with Crippen LogP contribution in [0.2, 0.25) is 0 Å². The minimum absolute atomic E-state index is 0.000746. The van der Waals surface area contributed by atoms with E-state index in [-0.39, 0.29) is 18.1 Å². The molecule has 0 amide bonds. The number of methoxy groups -OCH3 is 1. The Balaban J connectivity index is 2.17. The Bertz CT molecular complexity index is 405. The van der Waals surface area contributed by atoms with Crippen molar-refractivity contribution < 1.29 is 14.3 Å². The molecule has 2 unspecified atom stereocenters. The van der Waals surface area contributed by atoms with Crippen molar-refractivity contribution in [2.45, 2.75) is 31.4 Å². The van der Waals surface area contributed by atoms with Crippen molar-refractivity contribution >= 4 is 5.97 Å². The van der Waals surface area contributed by atoms with E-state index in [0.717, 1.165) is 19.3 Å². The van der Waals surface area contributed by atoms with E-state index < -0.39 is 0 Å². The Kier molecular flexibility index (Phi) is 3.64. The van der Waals surface area contributed by atoms with Gasteiger partial charge in [-0.3, -0.25) is 0 Å². The fourth-order valence-corrected chi connectivity index (χ4v) is 2.11. The van der Waals surface area contributed by atoms with E-state index in [2.05, 4.69) is 0 Å². The van der Waals surface area contributed by atoms with Crippen molar-refractivity contribution in [3.05, 3.63) is 29.8 Å². The monoisotopic (exact) mass is 235 g/mol. The molecule has 1 fully saturated rings. The summed E-state index contributed by atoms with van der Waals surface area (Å²) in [4.78, 5) is 11.6. The molecule has 17 heavy (non-hydrogen) atoms. The summed E-state index contributed by atoms with van der Waals surface area (Å²) in [5, 5.41) is 0. The molecule has 1 saturated carbocycles. The first kappa shape index (κ1) is 11.9. The van der Waals surface area contributed by atoms with Crippen LogP contribution in [0.1, 0.15) is 29.6 Å². The van der Waals surface area contributed by atoms with Gasteiger partial charge in [-0.1, -0.05) is 12.1 Å². The number of rotatable bonds is 3. The number of hydrogen-bond donors (Lipinski definition) is 1. The second-order valence-corrected chi connectivity index (χ2v) is 4.24. The van der Waals surface area contributed by atoms with E-state index in [1.807, 2.05) is 6.07 Å². The molecule has 0 heterocycles. The average Bonchev–Trinajstić information content (AvgIpc) is 2.75. The van der Waals surface area contributed by atoms with Crippen molar-refractivity contribution in [1.29, 1.82) is 0 Å². The topological polar surface area (TPSA) is 61.5 Å². The SMILES string of the molecule is COC(=O)c1ccccc1OC1CCCC1N. The Morgan fingerprint density at radius 1 is 1.35 bits per heavy atom. The van der Waals surface area contributed by atoms with Crippen LogP contribution >= 0.6 is 0 Å². The van der Waals surface area contributed by atoms with Crippen LogP contribution in [0.15, 0.2) is 24.3 Å². The van der Waals surface area contributed by atoms with Gasteiger partial charge in [-0.25, -0.2) is 4.79 Å². The number of para-hydroxylation sites is 1. The first-order valence-electron chi connectivity index (χ1n) is 5.82. The number of carbonyl (C=O) groups is 1. The highest BCUT2D eigenvalue weighted by Gasteiger charge is 2.27. The van der Waals surface area contributed by atoms with E-state index in [0.29, 0.717) is 11.3 Å². The molecule has 4 nitrogen and oxygen atoms in total. The second kappa shape index (κ2) is 5.19. The molecule has 0 spiro atoms. The Morgan fingerprint density at radius 3 is 2.76 bits per heavy atom. The van der Waals surface area contributed by atoms with Gasteiger partial charge in [0.2, 0.25) is 0 Å². The van der Waals surface area contributed by atoms with E-state index >= 15 is 0 Å². The third-order valence-corrected chi connectivity index (χ3v) is 3.07. The van der Waals surface area contributed by atoms with Crippen LogP contribution in [0.25, 0.3) is 0 Å². The van der Waals surface area contributed by atoms with E-state index in [1.54, 1.807) is 18.2 Å². The third kappa shape index (κ3) is 2.58. The molecular formula is C13H17NO3. The number of nitrogens with two attached hydrogens (primary N) is 1. The number of esters is 1. The lowest BCUT2D eigenvalue weighted by atomic mass is 10.2. The van der Waals surface area contributed by atoms with Crippen molar-refractivity contribution in [2.24, 2.45) is 5.73 Å². The van der Waals surface area contributed by atoms with Crippen LogP contribution in [-0.2, 0) is 4.74 Å². The quantitative estimate of drug-likeness (QED) is 0.810. The first-order valence-corrected chi connectivity index (χ1v) is 5.82. The van der Waals surface area contributed by atoms with Gasteiger partial charge in [0.15, 0.2) is 0 Å². The molecule has 2 N–H and O–H groups in total. The molecule has 1 aliphatic carbocycles. The summed E-state index contributed by atoms with van der Waals surface area (Å²) in [6, 6.07) is 7.15. The summed E-state index contributed by atoms with van der Waals surface area (Å²) in [5.74, 6) is 0.175. The van der Waals surface area contributed by atoms with Crippen LogP contribution in [0.5, 0.6) is 5.75 Å². The van der Waals surface area contributed by atoms with Crippen molar-refractivity contribution in [2.75, 3.05) is 7.11 Å². The molecule has 0 saturated heterocycles. The molecule has 4 heteroatoms. The number of benzene rings is 1. The molecular weight excluding hydrogens is 218 g/mol. The fourth-order valence-electron chi connectivity index (χ4n) is 2.11. The molecule has 0 aromatic heterocycles. The summed E-state index contributed by atoms with van der Waals surface area (Å²) >= 11 is 0. The van der Waals surface area contributed by atoms with Crippen LogP contribution in [0.3, 0.4) is 0 Å². The van der Waals surface area contributed by atoms with Crippen LogP contribution in [0, 0.1) is 0 Å². The summed E-state index contributed by atoms with van der Waals surface area (Å²) in [5.41, 5.74) is 6.40. The van der Waals surface area contributed by atoms with E-state index in [4.69, 9.17) is 15.2 Å². The van der Waals surface area contributed by atoms with Gasteiger partial charge < -0.3 is 15.2 Å². The molecule has 1 aromatic carbocycles. The number of carbonyl (C=O) groups excluding carboxylic acids is 1. The zero-order valence-corrected chi connectivity index (χ0v) is 9.89. The lowest BCUT2D eigenvalue weighted by Crippen LogP contribution is -2.34. The predicted octanol–water partition coefficient (Wildman–Crippen LogP) is 1.73. The largest absolute Gasteiger partial charge is 0.488 e. The molecule has 1 aliphatic rings. The van der Waals surface area contributed by atoms with Gasteiger partial charge in [0.25, 0.3) is 0 Å².